The first kappa shape index (κ1) is 13.6. The molecule has 0 amide bonds. The quantitative estimate of drug-likeness (QED) is 0.721. The van der Waals surface area contributed by atoms with E-state index in [0.717, 1.165) is 10.0 Å². The van der Waals surface area contributed by atoms with Gasteiger partial charge in [0.1, 0.15) is 5.52 Å². The largest absolute Gasteiger partial charge is 0.465 e. The van der Waals surface area contributed by atoms with E-state index in [1.54, 1.807) is 0 Å². The van der Waals surface area contributed by atoms with Crippen LogP contribution in [0.25, 0.3) is 16.9 Å². The zero-order valence-electron chi connectivity index (χ0n) is 11.0. The minimum atomic E-state index is -0.510. The van der Waals surface area contributed by atoms with Gasteiger partial charge in [-0.2, -0.15) is 0 Å². The molecule has 2 aromatic heterocycles. The standard InChI is InChI=1S/C14H10BrN3O3/c1-21-14(20)9-6-11-13(19)16-12(17-18(11)7-9)8-3-2-4-10(15)5-8/h2-7H,1H3,(H,16,17,19). The lowest BCUT2D eigenvalue weighted by atomic mass is 10.2. The molecule has 0 saturated heterocycles. The molecule has 7 heteroatoms. The smallest absolute Gasteiger partial charge is 0.339 e. The number of benzene rings is 1. The fraction of sp³-hybridized carbons (Fsp3) is 0.0714. The van der Waals surface area contributed by atoms with Crippen molar-refractivity contribution in [2.24, 2.45) is 0 Å². The molecule has 0 fully saturated rings. The van der Waals surface area contributed by atoms with Crippen molar-refractivity contribution in [1.29, 1.82) is 0 Å². The zero-order valence-corrected chi connectivity index (χ0v) is 12.5. The van der Waals surface area contributed by atoms with Gasteiger partial charge in [-0.15, -0.1) is 5.10 Å². The van der Waals surface area contributed by atoms with E-state index in [9.17, 15) is 9.59 Å². The average Bonchev–Trinajstić information content (AvgIpc) is 2.91. The van der Waals surface area contributed by atoms with Crippen LogP contribution < -0.4 is 5.56 Å². The monoisotopic (exact) mass is 347 g/mol. The number of aromatic nitrogens is 3. The molecule has 0 saturated carbocycles. The normalized spacial score (nSPS) is 10.8. The number of ether oxygens (including phenoxy) is 1. The van der Waals surface area contributed by atoms with Crippen molar-refractivity contribution in [3.63, 3.8) is 0 Å². The van der Waals surface area contributed by atoms with Crippen molar-refractivity contribution in [2.45, 2.75) is 0 Å². The number of rotatable bonds is 2. The predicted octanol–water partition coefficient (Wildman–Crippen LogP) is 2.24. The van der Waals surface area contributed by atoms with E-state index < -0.39 is 5.97 Å². The summed E-state index contributed by atoms with van der Waals surface area (Å²) >= 11 is 3.37. The van der Waals surface area contributed by atoms with Gasteiger partial charge in [0.2, 0.25) is 0 Å². The molecule has 0 atom stereocenters. The number of carbonyl (C=O) groups is 1. The van der Waals surface area contributed by atoms with Gasteiger partial charge in [-0.3, -0.25) is 4.79 Å². The number of hydrogen-bond donors (Lipinski definition) is 1. The number of nitrogens with zero attached hydrogens (tertiary/aromatic N) is 2. The van der Waals surface area contributed by atoms with Crippen LogP contribution in [0.15, 0.2) is 45.8 Å². The van der Waals surface area contributed by atoms with E-state index in [0.29, 0.717) is 5.82 Å². The maximum absolute atomic E-state index is 12.1. The summed E-state index contributed by atoms with van der Waals surface area (Å²) < 4.78 is 6.89. The molecule has 106 valence electrons. The highest BCUT2D eigenvalue weighted by Crippen LogP contribution is 2.19. The second-order valence-corrected chi connectivity index (χ2v) is 5.28. The van der Waals surface area contributed by atoms with Crippen LogP contribution >= 0.6 is 15.9 Å². The van der Waals surface area contributed by atoms with Gasteiger partial charge in [0.15, 0.2) is 5.82 Å². The van der Waals surface area contributed by atoms with Crippen LogP contribution in [0.1, 0.15) is 10.4 Å². The number of esters is 1. The number of nitrogens with one attached hydrogen (secondary N) is 1. The Morgan fingerprint density at radius 3 is 2.90 bits per heavy atom. The number of H-pyrrole nitrogens is 1. The van der Waals surface area contributed by atoms with Gasteiger partial charge in [-0.05, 0) is 18.2 Å². The Bertz CT molecular complexity index is 898. The van der Waals surface area contributed by atoms with Crippen molar-refractivity contribution in [1.82, 2.24) is 14.6 Å². The summed E-state index contributed by atoms with van der Waals surface area (Å²) in [6.45, 7) is 0. The van der Waals surface area contributed by atoms with E-state index in [1.807, 2.05) is 24.3 Å². The lowest BCUT2D eigenvalue weighted by molar-refractivity contribution is 0.0601. The molecular formula is C14H10BrN3O3. The van der Waals surface area contributed by atoms with E-state index in [-0.39, 0.29) is 16.6 Å². The molecule has 0 aliphatic heterocycles. The third-order valence-electron chi connectivity index (χ3n) is 2.99. The first-order valence-corrected chi connectivity index (χ1v) is 6.85. The Morgan fingerprint density at radius 1 is 1.38 bits per heavy atom. The van der Waals surface area contributed by atoms with Gasteiger partial charge in [0.25, 0.3) is 5.56 Å². The average molecular weight is 348 g/mol. The topological polar surface area (TPSA) is 76.5 Å². The molecule has 0 unspecified atom stereocenters. The van der Waals surface area contributed by atoms with Crippen molar-refractivity contribution < 1.29 is 9.53 Å². The Kier molecular flexibility index (Phi) is 3.34. The Morgan fingerprint density at radius 2 is 2.19 bits per heavy atom. The maximum atomic E-state index is 12.1. The summed E-state index contributed by atoms with van der Waals surface area (Å²) in [4.78, 5) is 26.3. The molecule has 0 bridgehead atoms. The Hall–Kier alpha value is -2.41. The van der Waals surface area contributed by atoms with E-state index in [2.05, 4.69) is 30.7 Å². The second-order valence-electron chi connectivity index (χ2n) is 4.36. The number of carbonyl (C=O) groups excluding carboxylic acids is 1. The van der Waals surface area contributed by atoms with Crippen LogP contribution in [0.2, 0.25) is 0 Å². The second kappa shape index (κ2) is 5.17. The SMILES string of the molecule is COC(=O)c1cc2c(=O)[nH]c(-c3cccc(Br)c3)nn2c1. The van der Waals surface area contributed by atoms with Crippen LogP contribution in [0.4, 0.5) is 0 Å². The van der Waals surface area contributed by atoms with E-state index in [1.165, 1.54) is 23.9 Å². The number of fused-ring (bicyclic) bond motifs is 1. The molecule has 21 heavy (non-hydrogen) atoms. The lowest BCUT2D eigenvalue weighted by Gasteiger charge is -2.02. The highest BCUT2D eigenvalue weighted by molar-refractivity contribution is 9.10. The van der Waals surface area contributed by atoms with Crippen molar-refractivity contribution in [2.75, 3.05) is 7.11 Å². The summed E-state index contributed by atoms with van der Waals surface area (Å²) in [6.07, 6.45) is 1.47. The summed E-state index contributed by atoms with van der Waals surface area (Å²) in [5, 5.41) is 4.32. The Balaban J connectivity index is 2.19. The molecule has 0 spiro atoms. The molecular weight excluding hydrogens is 338 g/mol. The molecule has 0 aliphatic rings. The minimum absolute atomic E-state index is 0.280. The van der Waals surface area contributed by atoms with Gasteiger partial charge in [0.05, 0.1) is 12.7 Å². The van der Waals surface area contributed by atoms with Gasteiger partial charge >= 0.3 is 5.97 Å². The van der Waals surface area contributed by atoms with E-state index >= 15 is 0 Å². The first-order valence-electron chi connectivity index (χ1n) is 6.05. The van der Waals surface area contributed by atoms with E-state index in [4.69, 9.17) is 0 Å². The summed E-state index contributed by atoms with van der Waals surface area (Å²) in [7, 11) is 1.29. The van der Waals surface area contributed by atoms with Gasteiger partial charge in [0, 0.05) is 16.2 Å². The Labute approximate surface area is 127 Å². The molecule has 0 aliphatic carbocycles. The van der Waals surface area contributed by atoms with Gasteiger partial charge < -0.3 is 9.72 Å². The maximum Gasteiger partial charge on any atom is 0.339 e. The first-order chi connectivity index (χ1) is 10.1. The zero-order chi connectivity index (χ0) is 15.0. The lowest BCUT2D eigenvalue weighted by Crippen LogP contribution is -2.13. The fourth-order valence-electron chi connectivity index (χ4n) is 2.00. The molecule has 3 rings (SSSR count). The summed E-state index contributed by atoms with van der Waals surface area (Å²) in [5.41, 5.74) is 1.00. The van der Waals surface area contributed by atoms with Crippen LogP contribution in [-0.2, 0) is 4.74 Å². The number of methoxy groups -OCH3 is 1. The van der Waals surface area contributed by atoms with Gasteiger partial charge in [-0.1, -0.05) is 28.1 Å². The van der Waals surface area contributed by atoms with Crippen molar-refractivity contribution >= 4 is 27.4 Å². The van der Waals surface area contributed by atoms with Crippen LogP contribution in [0.3, 0.4) is 0 Å². The molecule has 0 radical (unpaired) electrons. The van der Waals surface area contributed by atoms with Crippen LogP contribution in [0.5, 0.6) is 0 Å². The minimum Gasteiger partial charge on any atom is -0.465 e. The highest BCUT2D eigenvalue weighted by Gasteiger charge is 2.13. The number of hydrogen-bond acceptors (Lipinski definition) is 4. The van der Waals surface area contributed by atoms with Crippen molar-refractivity contribution in [3.8, 4) is 11.4 Å². The third kappa shape index (κ3) is 2.47. The predicted molar refractivity (Wildman–Crippen MR) is 80.3 cm³/mol. The summed E-state index contributed by atoms with van der Waals surface area (Å²) in [5.74, 6) is -0.0929. The molecule has 2 heterocycles. The summed E-state index contributed by atoms with van der Waals surface area (Å²) in [6, 6.07) is 8.85. The van der Waals surface area contributed by atoms with Crippen molar-refractivity contribution in [3.05, 3.63) is 56.9 Å². The number of halogens is 1. The van der Waals surface area contributed by atoms with Crippen LogP contribution in [0, 0.1) is 0 Å². The number of aromatic amines is 1. The fourth-order valence-corrected chi connectivity index (χ4v) is 2.40. The molecule has 6 nitrogen and oxygen atoms in total. The van der Waals surface area contributed by atoms with Crippen LogP contribution in [-0.4, -0.2) is 27.7 Å². The third-order valence-corrected chi connectivity index (χ3v) is 3.49. The molecule has 1 N–H and O–H groups in total. The van der Waals surface area contributed by atoms with Gasteiger partial charge in [-0.25, -0.2) is 9.31 Å². The highest BCUT2D eigenvalue weighted by atomic mass is 79.9. The molecule has 3 aromatic rings. The molecule has 1 aromatic carbocycles.